The fourth-order valence-corrected chi connectivity index (χ4v) is 3.86. The van der Waals surface area contributed by atoms with Gasteiger partial charge in [-0.05, 0) is 38.0 Å². The number of amides is 1. The summed E-state index contributed by atoms with van der Waals surface area (Å²) in [6.45, 7) is 0.707. The maximum Gasteiger partial charge on any atom is 0.307 e. The Balaban J connectivity index is 1.63. The van der Waals surface area contributed by atoms with Crippen molar-refractivity contribution in [2.75, 3.05) is 6.61 Å². The van der Waals surface area contributed by atoms with E-state index in [1.165, 1.54) is 12.8 Å². The zero-order chi connectivity index (χ0) is 14.8. The van der Waals surface area contributed by atoms with Crippen LogP contribution in [0.3, 0.4) is 0 Å². The third-order valence-corrected chi connectivity index (χ3v) is 5.22. The Bertz CT molecular complexity index is 407. The standard InChI is InChI=1S/C16H25NO4/c18-15(11-4-2-1-3-5-12(11)16(19)20)17-13-8-9-21-14(13)10-6-7-10/h10-14H,1-9H2,(H,17,18)(H,19,20)/t11-,12+,13+,14-/m0/s1. The number of hydrogen-bond donors (Lipinski definition) is 2. The first-order valence-corrected chi connectivity index (χ1v) is 8.31. The molecule has 3 aliphatic rings. The number of carbonyl (C=O) groups excluding carboxylic acids is 1. The maximum absolute atomic E-state index is 12.6. The highest BCUT2D eigenvalue weighted by Gasteiger charge is 2.43. The van der Waals surface area contributed by atoms with E-state index in [9.17, 15) is 14.7 Å². The summed E-state index contributed by atoms with van der Waals surface area (Å²) in [6, 6.07) is 0.0858. The highest BCUT2D eigenvalue weighted by atomic mass is 16.5. The molecule has 5 heteroatoms. The quantitative estimate of drug-likeness (QED) is 0.777. The van der Waals surface area contributed by atoms with Gasteiger partial charge < -0.3 is 15.2 Å². The molecule has 0 spiro atoms. The minimum Gasteiger partial charge on any atom is -0.481 e. The van der Waals surface area contributed by atoms with Crippen LogP contribution in [0.1, 0.15) is 51.4 Å². The maximum atomic E-state index is 12.6. The van der Waals surface area contributed by atoms with Crippen molar-refractivity contribution in [3.05, 3.63) is 0 Å². The summed E-state index contributed by atoms with van der Waals surface area (Å²) in [7, 11) is 0. The summed E-state index contributed by atoms with van der Waals surface area (Å²) in [4.78, 5) is 24.0. The number of carboxylic acid groups (broad SMARTS) is 1. The van der Waals surface area contributed by atoms with E-state index in [1.807, 2.05) is 0 Å². The smallest absolute Gasteiger partial charge is 0.307 e. The normalized spacial score (nSPS) is 37.0. The molecular weight excluding hydrogens is 270 g/mol. The molecule has 1 aliphatic heterocycles. The van der Waals surface area contributed by atoms with Crippen LogP contribution in [0, 0.1) is 17.8 Å². The summed E-state index contributed by atoms with van der Waals surface area (Å²) in [5, 5.41) is 12.5. The Hall–Kier alpha value is -1.10. The van der Waals surface area contributed by atoms with Gasteiger partial charge >= 0.3 is 5.97 Å². The molecule has 5 nitrogen and oxygen atoms in total. The Morgan fingerprint density at radius 1 is 0.952 bits per heavy atom. The number of aliphatic carboxylic acids is 1. The third kappa shape index (κ3) is 3.39. The van der Waals surface area contributed by atoms with Crippen LogP contribution in [0.4, 0.5) is 0 Å². The second-order valence-corrected chi connectivity index (χ2v) is 6.77. The second kappa shape index (κ2) is 6.34. The first-order valence-electron chi connectivity index (χ1n) is 8.31. The number of nitrogens with one attached hydrogen (secondary N) is 1. The topological polar surface area (TPSA) is 75.6 Å². The molecule has 0 aromatic carbocycles. The van der Waals surface area contributed by atoms with Crippen LogP contribution in [-0.4, -0.2) is 35.7 Å². The van der Waals surface area contributed by atoms with E-state index in [0.717, 1.165) is 25.7 Å². The molecule has 2 saturated carbocycles. The molecule has 0 aromatic heterocycles. The van der Waals surface area contributed by atoms with Gasteiger partial charge in [-0.15, -0.1) is 0 Å². The van der Waals surface area contributed by atoms with Gasteiger partial charge in [-0.2, -0.15) is 0 Å². The van der Waals surface area contributed by atoms with Crippen LogP contribution in [0.5, 0.6) is 0 Å². The summed E-state index contributed by atoms with van der Waals surface area (Å²) < 4.78 is 5.75. The van der Waals surface area contributed by atoms with Gasteiger partial charge in [0.25, 0.3) is 0 Å². The van der Waals surface area contributed by atoms with Crippen molar-refractivity contribution in [1.29, 1.82) is 0 Å². The minimum absolute atomic E-state index is 0.0644. The average Bonchev–Trinajstić information content (AvgIpc) is 3.24. The summed E-state index contributed by atoms with van der Waals surface area (Å²) in [5.41, 5.74) is 0. The van der Waals surface area contributed by atoms with E-state index in [-0.39, 0.29) is 24.0 Å². The van der Waals surface area contributed by atoms with Crippen molar-refractivity contribution >= 4 is 11.9 Å². The highest BCUT2D eigenvalue weighted by Crippen LogP contribution is 2.39. The summed E-state index contributed by atoms with van der Waals surface area (Å²) in [5.74, 6) is -1.18. The molecule has 118 valence electrons. The van der Waals surface area contributed by atoms with Crippen molar-refractivity contribution in [2.45, 2.75) is 63.5 Å². The van der Waals surface area contributed by atoms with Crippen LogP contribution in [-0.2, 0) is 14.3 Å². The Morgan fingerprint density at radius 2 is 1.67 bits per heavy atom. The molecular formula is C16H25NO4. The fourth-order valence-electron chi connectivity index (χ4n) is 3.86. The van der Waals surface area contributed by atoms with E-state index < -0.39 is 11.9 Å². The van der Waals surface area contributed by atoms with E-state index in [4.69, 9.17) is 4.74 Å². The van der Waals surface area contributed by atoms with Gasteiger partial charge in [0.05, 0.1) is 24.0 Å². The van der Waals surface area contributed by atoms with Crippen LogP contribution in [0.2, 0.25) is 0 Å². The Labute approximate surface area is 125 Å². The monoisotopic (exact) mass is 295 g/mol. The van der Waals surface area contributed by atoms with Crippen molar-refractivity contribution in [3.63, 3.8) is 0 Å². The molecule has 1 amide bonds. The first kappa shape index (κ1) is 14.8. The molecule has 0 radical (unpaired) electrons. The zero-order valence-corrected chi connectivity index (χ0v) is 12.4. The molecule has 3 rings (SSSR count). The highest BCUT2D eigenvalue weighted by molar-refractivity contribution is 5.85. The number of carboxylic acids is 1. The van der Waals surface area contributed by atoms with Gasteiger partial charge in [0.1, 0.15) is 0 Å². The number of ether oxygens (including phenoxy) is 1. The molecule has 1 heterocycles. The molecule has 21 heavy (non-hydrogen) atoms. The molecule has 2 N–H and O–H groups in total. The zero-order valence-electron chi connectivity index (χ0n) is 12.4. The predicted molar refractivity (Wildman–Crippen MR) is 76.7 cm³/mol. The number of rotatable bonds is 4. The first-order chi connectivity index (χ1) is 10.2. The predicted octanol–water partition coefficient (Wildman–Crippen LogP) is 1.95. The molecule has 0 aromatic rings. The van der Waals surface area contributed by atoms with Crippen LogP contribution < -0.4 is 5.32 Å². The Morgan fingerprint density at radius 3 is 2.33 bits per heavy atom. The van der Waals surface area contributed by atoms with Gasteiger partial charge in [-0.3, -0.25) is 9.59 Å². The van der Waals surface area contributed by atoms with E-state index >= 15 is 0 Å². The average molecular weight is 295 g/mol. The lowest BCUT2D eigenvalue weighted by molar-refractivity contribution is -0.147. The molecule has 2 aliphatic carbocycles. The lowest BCUT2D eigenvalue weighted by Gasteiger charge is -2.25. The number of carbonyl (C=O) groups is 2. The van der Waals surface area contributed by atoms with E-state index in [2.05, 4.69) is 5.32 Å². The van der Waals surface area contributed by atoms with E-state index in [1.54, 1.807) is 0 Å². The van der Waals surface area contributed by atoms with Crippen molar-refractivity contribution < 1.29 is 19.4 Å². The molecule has 0 bridgehead atoms. The van der Waals surface area contributed by atoms with E-state index in [0.29, 0.717) is 25.4 Å². The lowest BCUT2D eigenvalue weighted by Crippen LogP contribution is -2.46. The third-order valence-electron chi connectivity index (χ3n) is 5.22. The largest absolute Gasteiger partial charge is 0.481 e. The van der Waals surface area contributed by atoms with Crippen LogP contribution in [0.25, 0.3) is 0 Å². The molecule has 3 fully saturated rings. The molecule has 4 atom stereocenters. The van der Waals surface area contributed by atoms with Crippen LogP contribution in [0.15, 0.2) is 0 Å². The Kier molecular flexibility index (Phi) is 4.48. The SMILES string of the molecule is O=C(N[C@@H]1CCO[C@H]1C1CC1)[C@H]1CCCCC[C@H]1C(=O)O. The van der Waals surface area contributed by atoms with Crippen molar-refractivity contribution in [3.8, 4) is 0 Å². The fraction of sp³-hybridized carbons (Fsp3) is 0.875. The lowest BCUT2D eigenvalue weighted by atomic mass is 9.86. The van der Waals surface area contributed by atoms with Gasteiger partial charge in [0.15, 0.2) is 0 Å². The summed E-state index contributed by atoms with van der Waals surface area (Å²) in [6.07, 6.45) is 7.62. The minimum atomic E-state index is -0.821. The molecule has 0 unspecified atom stereocenters. The van der Waals surface area contributed by atoms with Gasteiger partial charge in [-0.25, -0.2) is 0 Å². The van der Waals surface area contributed by atoms with Gasteiger partial charge in [0, 0.05) is 6.61 Å². The number of hydrogen-bond acceptors (Lipinski definition) is 3. The van der Waals surface area contributed by atoms with Crippen molar-refractivity contribution in [2.24, 2.45) is 17.8 Å². The van der Waals surface area contributed by atoms with Gasteiger partial charge in [0.2, 0.25) is 5.91 Å². The summed E-state index contributed by atoms with van der Waals surface area (Å²) >= 11 is 0. The van der Waals surface area contributed by atoms with Crippen LogP contribution >= 0.6 is 0 Å². The molecule has 1 saturated heterocycles. The second-order valence-electron chi connectivity index (χ2n) is 6.77. The van der Waals surface area contributed by atoms with Crippen molar-refractivity contribution in [1.82, 2.24) is 5.32 Å². The van der Waals surface area contributed by atoms with Gasteiger partial charge in [-0.1, -0.05) is 19.3 Å².